The first-order chi connectivity index (χ1) is 8.08. The van der Waals surface area contributed by atoms with Crippen LogP contribution in [0.3, 0.4) is 0 Å². The number of benzene rings is 1. The number of nitrogens with one attached hydrogen (secondary N) is 2. The van der Waals surface area contributed by atoms with Crippen molar-refractivity contribution in [2.24, 2.45) is 0 Å². The molecule has 0 spiro atoms. The molecule has 0 aliphatic carbocycles. The lowest BCUT2D eigenvalue weighted by Crippen LogP contribution is -2.29. The molecule has 0 heterocycles. The van der Waals surface area contributed by atoms with E-state index in [0.29, 0.717) is 0 Å². The molecule has 1 rings (SSSR count). The smallest absolute Gasteiger partial charge is 0.318 e. The van der Waals surface area contributed by atoms with Crippen LogP contribution in [0.5, 0.6) is 0 Å². The second kappa shape index (κ2) is 4.84. The van der Waals surface area contributed by atoms with Crippen LogP contribution >= 0.6 is 0 Å². The number of halogens is 3. The molecule has 2 N–H and O–H groups in total. The van der Waals surface area contributed by atoms with Crippen molar-refractivity contribution in [1.82, 2.24) is 0 Å². The predicted octanol–water partition coefficient (Wildman–Crippen LogP) is 1.56. The first-order valence-corrected chi connectivity index (χ1v) is 6.43. The molecule has 0 aliphatic heterocycles. The van der Waals surface area contributed by atoms with Crippen molar-refractivity contribution >= 4 is 27.3 Å². The van der Waals surface area contributed by atoms with Crippen molar-refractivity contribution in [1.29, 1.82) is 0 Å². The Morgan fingerprint density at radius 2 is 1.56 bits per heavy atom. The minimum Gasteiger partial charge on any atom is -0.318 e. The van der Waals surface area contributed by atoms with Crippen LogP contribution in [0.4, 0.5) is 24.5 Å². The van der Waals surface area contributed by atoms with E-state index in [4.69, 9.17) is 0 Å². The van der Waals surface area contributed by atoms with Gasteiger partial charge in [0.1, 0.15) is 0 Å². The van der Waals surface area contributed by atoms with Gasteiger partial charge < -0.3 is 5.32 Å². The molecular weight excluding hydrogens is 273 g/mol. The van der Waals surface area contributed by atoms with E-state index in [1.807, 2.05) is 0 Å². The average molecular weight is 282 g/mol. The van der Waals surface area contributed by atoms with Gasteiger partial charge in [0.05, 0.1) is 6.26 Å². The number of anilines is 2. The van der Waals surface area contributed by atoms with Gasteiger partial charge in [0.15, 0.2) is 0 Å². The van der Waals surface area contributed by atoms with E-state index in [2.05, 4.69) is 4.72 Å². The molecule has 100 valence electrons. The molecule has 18 heavy (non-hydrogen) atoms. The van der Waals surface area contributed by atoms with Gasteiger partial charge in [-0.05, 0) is 24.3 Å². The summed E-state index contributed by atoms with van der Waals surface area (Å²) >= 11 is 0. The molecule has 0 unspecified atom stereocenters. The zero-order valence-electron chi connectivity index (χ0n) is 9.08. The zero-order chi connectivity index (χ0) is 14.0. The van der Waals surface area contributed by atoms with E-state index < -0.39 is 22.1 Å². The van der Waals surface area contributed by atoms with Crippen LogP contribution in [0.15, 0.2) is 24.3 Å². The first-order valence-electron chi connectivity index (χ1n) is 4.54. The molecule has 0 atom stereocenters. The van der Waals surface area contributed by atoms with Crippen molar-refractivity contribution in [3.8, 4) is 0 Å². The summed E-state index contributed by atoms with van der Waals surface area (Å²) in [4.78, 5) is 10.6. The third-order valence-corrected chi connectivity index (χ3v) is 2.31. The summed E-state index contributed by atoms with van der Waals surface area (Å²) in [5.74, 6) is -2.09. The number of sulfonamides is 1. The molecule has 0 saturated carbocycles. The summed E-state index contributed by atoms with van der Waals surface area (Å²) < 4.78 is 59.7. The highest BCUT2D eigenvalue weighted by atomic mass is 32.2. The lowest BCUT2D eigenvalue weighted by Gasteiger charge is -2.09. The van der Waals surface area contributed by atoms with Gasteiger partial charge in [-0.2, -0.15) is 13.2 Å². The van der Waals surface area contributed by atoms with E-state index in [0.717, 1.165) is 18.4 Å². The number of hydrogen-bond donors (Lipinski definition) is 2. The Hall–Kier alpha value is -1.77. The molecule has 5 nitrogen and oxygen atoms in total. The highest BCUT2D eigenvalue weighted by Gasteiger charge is 2.38. The molecule has 9 heteroatoms. The van der Waals surface area contributed by atoms with Crippen molar-refractivity contribution < 1.29 is 26.4 Å². The maximum absolute atomic E-state index is 11.9. The van der Waals surface area contributed by atoms with Gasteiger partial charge in [0.2, 0.25) is 10.0 Å². The molecule has 0 saturated heterocycles. The summed E-state index contributed by atoms with van der Waals surface area (Å²) in [5, 5.41) is 1.63. The topological polar surface area (TPSA) is 75.3 Å². The largest absolute Gasteiger partial charge is 0.471 e. The SMILES string of the molecule is CS(=O)(=O)Nc1ccc(NC(=O)C(F)(F)F)cc1. The fourth-order valence-electron chi connectivity index (χ4n) is 1.04. The third-order valence-electron chi connectivity index (χ3n) is 1.70. The van der Waals surface area contributed by atoms with Gasteiger partial charge in [-0.3, -0.25) is 9.52 Å². The van der Waals surface area contributed by atoms with Gasteiger partial charge in [0.25, 0.3) is 0 Å². The number of alkyl halides is 3. The number of rotatable bonds is 3. The fraction of sp³-hybridized carbons (Fsp3) is 0.222. The number of hydrogen-bond acceptors (Lipinski definition) is 3. The van der Waals surface area contributed by atoms with Gasteiger partial charge in [0, 0.05) is 11.4 Å². The first kappa shape index (κ1) is 14.3. The molecular formula is C9H9F3N2O3S. The molecule has 1 amide bonds. The Balaban J connectivity index is 2.75. The van der Waals surface area contributed by atoms with Crippen LogP contribution in [-0.2, 0) is 14.8 Å². The van der Waals surface area contributed by atoms with Gasteiger partial charge in [-0.15, -0.1) is 0 Å². The molecule has 0 aliphatic rings. The highest BCUT2D eigenvalue weighted by molar-refractivity contribution is 7.92. The molecule has 0 bridgehead atoms. The van der Waals surface area contributed by atoms with Crippen LogP contribution in [0.2, 0.25) is 0 Å². The summed E-state index contributed by atoms with van der Waals surface area (Å²) in [6, 6.07) is 4.76. The van der Waals surface area contributed by atoms with Crippen LogP contribution in [-0.4, -0.2) is 26.8 Å². The van der Waals surface area contributed by atoms with Gasteiger partial charge in [-0.25, -0.2) is 8.42 Å². The lowest BCUT2D eigenvalue weighted by atomic mass is 10.3. The monoisotopic (exact) mass is 282 g/mol. The van der Waals surface area contributed by atoms with Crippen molar-refractivity contribution in [3.63, 3.8) is 0 Å². The van der Waals surface area contributed by atoms with Crippen molar-refractivity contribution in [3.05, 3.63) is 24.3 Å². The minimum atomic E-state index is -4.97. The molecule has 0 aromatic heterocycles. The van der Waals surface area contributed by atoms with E-state index in [1.54, 1.807) is 5.32 Å². The van der Waals surface area contributed by atoms with Crippen LogP contribution in [0.1, 0.15) is 0 Å². The predicted molar refractivity (Wildman–Crippen MR) is 59.6 cm³/mol. The Morgan fingerprint density at radius 1 is 1.11 bits per heavy atom. The maximum atomic E-state index is 11.9. The number of carbonyl (C=O) groups is 1. The van der Waals surface area contributed by atoms with E-state index >= 15 is 0 Å². The maximum Gasteiger partial charge on any atom is 0.471 e. The van der Waals surface area contributed by atoms with E-state index in [9.17, 15) is 26.4 Å². The van der Waals surface area contributed by atoms with Crippen LogP contribution < -0.4 is 10.0 Å². The highest BCUT2D eigenvalue weighted by Crippen LogP contribution is 2.19. The molecule has 1 aromatic rings. The second-order valence-electron chi connectivity index (χ2n) is 3.40. The lowest BCUT2D eigenvalue weighted by molar-refractivity contribution is -0.167. The van der Waals surface area contributed by atoms with Crippen molar-refractivity contribution in [2.75, 3.05) is 16.3 Å². The molecule has 0 fully saturated rings. The summed E-state index contributed by atoms with van der Waals surface area (Å²) in [5.41, 5.74) is 0.0962. The summed E-state index contributed by atoms with van der Waals surface area (Å²) in [6.45, 7) is 0. The minimum absolute atomic E-state index is 0.0867. The zero-order valence-corrected chi connectivity index (χ0v) is 9.89. The average Bonchev–Trinajstić information content (AvgIpc) is 2.17. The fourth-order valence-corrected chi connectivity index (χ4v) is 1.60. The number of carbonyl (C=O) groups excluding carboxylic acids is 1. The Labute approximate surface area is 101 Å². The van der Waals surface area contributed by atoms with Crippen LogP contribution in [0.25, 0.3) is 0 Å². The molecule has 1 aromatic carbocycles. The standard InChI is InChI=1S/C9H9F3N2O3S/c1-18(16,17)14-7-4-2-6(3-5-7)13-8(15)9(10,11)12/h2-5,14H,1H3,(H,13,15). The Kier molecular flexibility index (Phi) is 3.85. The van der Waals surface area contributed by atoms with Gasteiger partial charge >= 0.3 is 12.1 Å². The van der Waals surface area contributed by atoms with E-state index in [-0.39, 0.29) is 11.4 Å². The molecule has 0 radical (unpaired) electrons. The third kappa shape index (κ3) is 4.62. The summed E-state index contributed by atoms with van der Waals surface area (Å²) in [6.07, 6.45) is -4.03. The quantitative estimate of drug-likeness (QED) is 0.883. The number of amides is 1. The summed E-state index contributed by atoms with van der Waals surface area (Å²) in [7, 11) is -3.45. The van der Waals surface area contributed by atoms with Crippen LogP contribution in [0, 0.1) is 0 Å². The second-order valence-corrected chi connectivity index (χ2v) is 5.15. The van der Waals surface area contributed by atoms with Crippen molar-refractivity contribution in [2.45, 2.75) is 6.18 Å². The van der Waals surface area contributed by atoms with Gasteiger partial charge in [-0.1, -0.05) is 0 Å². The van der Waals surface area contributed by atoms with E-state index in [1.165, 1.54) is 12.1 Å². The Morgan fingerprint density at radius 3 is 1.94 bits per heavy atom. The normalized spacial score (nSPS) is 12.0. The Bertz CT molecular complexity index is 537.